The Bertz CT molecular complexity index is 525. The van der Waals surface area contributed by atoms with Gasteiger partial charge in [-0.1, -0.05) is 20.8 Å². The van der Waals surface area contributed by atoms with E-state index in [9.17, 15) is 9.90 Å². The van der Waals surface area contributed by atoms with Gasteiger partial charge in [-0.3, -0.25) is 4.68 Å². The summed E-state index contributed by atoms with van der Waals surface area (Å²) in [7, 11) is 1.65. The molecule has 0 spiro atoms. The van der Waals surface area contributed by atoms with Crippen LogP contribution in [0.1, 0.15) is 32.2 Å². The maximum atomic E-state index is 11.3. The summed E-state index contributed by atoms with van der Waals surface area (Å²) in [5.74, 6) is 0. The van der Waals surface area contributed by atoms with Crippen molar-refractivity contribution in [3.05, 3.63) is 15.9 Å². The maximum Gasteiger partial charge on any atom is 0.407 e. The second kappa shape index (κ2) is 5.61. The predicted molar refractivity (Wildman–Crippen MR) is 73.5 cm³/mol. The first kappa shape index (κ1) is 15.5. The van der Waals surface area contributed by atoms with Gasteiger partial charge in [0.25, 0.3) is 0 Å². The summed E-state index contributed by atoms with van der Waals surface area (Å²) in [5, 5.41) is 22.4. The fraction of sp³-hybridized carbons (Fsp3) is 0.583. The van der Waals surface area contributed by atoms with Crippen LogP contribution >= 0.6 is 15.9 Å². The molecule has 0 saturated carbocycles. The van der Waals surface area contributed by atoms with Gasteiger partial charge in [-0.05, 0) is 21.3 Å². The highest BCUT2D eigenvalue weighted by Gasteiger charge is 2.23. The molecule has 1 heterocycles. The van der Waals surface area contributed by atoms with Crippen molar-refractivity contribution in [3.8, 4) is 6.07 Å². The zero-order valence-electron chi connectivity index (χ0n) is 11.4. The number of hydrogen-bond acceptors (Lipinski definition) is 3. The Morgan fingerprint density at radius 2 is 2.16 bits per heavy atom. The Balaban J connectivity index is 2.99. The van der Waals surface area contributed by atoms with Crippen LogP contribution in [0.3, 0.4) is 0 Å². The summed E-state index contributed by atoms with van der Waals surface area (Å²) in [6, 6.07) is 2.02. The van der Waals surface area contributed by atoms with Crippen LogP contribution in [0.5, 0.6) is 0 Å². The highest BCUT2D eigenvalue weighted by Crippen LogP contribution is 2.23. The molecule has 6 nitrogen and oxygen atoms in total. The summed E-state index contributed by atoms with van der Waals surface area (Å²) >= 11 is 3.29. The maximum absolute atomic E-state index is 11.3. The van der Waals surface area contributed by atoms with Crippen molar-refractivity contribution in [3.63, 3.8) is 0 Å². The van der Waals surface area contributed by atoms with E-state index in [0.717, 1.165) is 0 Å². The van der Waals surface area contributed by atoms with Gasteiger partial charge in [0.1, 0.15) is 6.07 Å². The lowest BCUT2D eigenvalue weighted by Crippen LogP contribution is -2.36. The Morgan fingerprint density at radius 3 is 2.53 bits per heavy atom. The van der Waals surface area contributed by atoms with Gasteiger partial charge in [-0.25, -0.2) is 4.79 Å². The molecule has 7 heteroatoms. The van der Waals surface area contributed by atoms with Crippen LogP contribution in [-0.4, -0.2) is 32.4 Å². The van der Waals surface area contributed by atoms with Crippen LogP contribution in [0.4, 0.5) is 4.79 Å². The second-order valence-electron chi connectivity index (χ2n) is 5.54. The van der Waals surface area contributed by atoms with Crippen LogP contribution in [-0.2, 0) is 13.6 Å². The third kappa shape index (κ3) is 3.96. The fourth-order valence-electron chi connectivity index (χ4n) is 1.72. The zero-order chi connectivity index (χ0) is 14.8. The second-order valence-corrected chi connectivity index (χ2v) is 6.34. The monoisotopic (exact) mass is 328 g/mol. The van der Waals surface area contributed by atoms with E-state index in [-0.39, 0.29) is 12.0 Å². The zero-order valence-corrected chi connectivity index (χ0v) is 13.0. The molecular formula is C12H17BrN4O2. The van der Waals surface area contributed by atoms with Gasteiger partial charge in [0.15, 0.2) is 5.69 Å². The van der Waals surface area contributed by atoms with E-state index in [2.05, 4.69) is 21.0 Å². The third-order valence-electron chi connectivity index (χ3n) is 2.44. The smallest absolute Gasteiger partial charge is 0.407 e. The molecule has 0 bridgehead atoms. The molecule has 0 unspecified atom stereocenters. The molecule has 0 aliphatic rings. The fourth-order valence-corrected chi connectivity index (χ4v) is 2.27. The first-order chi connectivity index (χ1) is 8.65. The number of aromatic nitrogens is 2. The molecule has 0 fully saturated rings. The van der Waals surface area contributed by atoms with Crippen molar-refractivity contribution >= 4 is 22.0 Å². The number of carboxylic acid groups (broad SMARTS) is 1. The summed E-state index contributed by atoms with van der Waals surface area (Å²) in [6.45, 7) is 6.46. The average molecular weight is 329 g/mol. The SMILES string of the molecule is Cn1nc(CN(CC(C)(C)C)C(=O)O)c(Br)c1C#N. The Hall–Kier alpha value is -1.55. The van der Waals surface area contributed by atoms with Gasteiger partial charge in [0.05, 0.1) is 16.7 Å². The van der Waals surface area contributed by atoms with Crippen LogP contribution in [0.15, 0.2) is 4.47 Å². The molecule has 0 atom stereocenters. The van der Waals surface area contributed by atoms with Gasteiger partial charge in [-0.2, -0.15) is 10.4 Å². The largest absolute Gasteiger partial charge is 0.465 e. The first-order valence-corrected chi connectivity index (χ1v) is 6.54. The van der Waals surface area contributed by atoms with Crippen LogP contribution in [0, 0.1) is 16.7 Å². The molecule has 104 valence electrons. The number of amides is 1. The van der Waals surface area contributed by atoms with E-state index in [1.54, 1.807) is 7.05 Å². The van der Waals surface area contributed by atoms with Crippen molar-refractivity contribution in [2.45, 2.75) is 27.3 Å². The van der Waals surface area contributed by atoms with E-state index in [4.69, 9.17) is 5.26 Å². The Kier molecular flexibility index (Phi) is 4.58. The minimum atomic E-state index is -0.994. The molecule has 19 heavy (non-hydrogen) atoms. The number of carbonyl (C=O) groups is 1. The van der Waals surface area contributed by atoms with Crippen LogP contribution in [0.2, 0.25) is 0 Å². The van der Waals surface area contributed by atoms with E-state index < -0.39 is 6.09 Å². The molecule has 0 aliphatic heterocycles. The van der Waals surface area contributed by atoms with Gasteiger partial charge in [-0.15, -0.1) is 0 Å². The lowest BCUT2D eigenvalue weighted by atomic mass is 9.96. The van der Waals surface area contributed by atoms with E-state index in [1.165, 1.54) is 9.58 Å². The molecule has 1 aromatic rings. The summed E-state index contributed by atoms with van der Waals surface area (Å²) in [6.07, 6.45) is -0.994. The molecule has 1 amide bonds. The lowest BCUT2D eigenvalue weighted by molar-refractivity contribution is 0.122. The molecule has 1 N–H and O–H groups in total. The van der Waals surface area contributed by atoms with Crippen molar-refractivity contribution in [1.82, 2.24) is 14.7 Å². The molecule has 0 aliphatic carbocycles. The normalized spacial score (nSPS) is 11.2. The van der Waals surface area contributed by atoms with Crippen molar-refractivity contribution in [2.24, 2.45) is 12.5 Å². The quantitative estimate of drug-likeness (QED) is 0.924. The van der Waals surface area contributed by atoms with Gasteiger partial charge in [0.2, 0.25) is 0 Å². The molecule has 0 saturated heterocycles. The number of hydrogen-bond donors (Lipinski definition) is 1. The third-order valence-corrected chi connectivity index (χ3v) is 3.27. The molecule has 1 rings (SSSR count). The predicted octanol–water partition coefficient (Wildman–Crippen LogP) is 2.58. The van der Waals surface area contributed by atoms with Gasteiger partial charge >= 0.3 is 6.09 Å². The van der Waals surface area contributed by atoms with Crippen molar-refractivity contribution < 1.29 is 9.90 Å². The standard InChI is InChI=1S/C12H17BrN4O2/c1-12(2,3)7-17(11(18)19)6-8-10(13)9(5-14)16(4)15-8/h6-7H2,1-4H3,(H,18,19). The van der Waals surface area contributed by atoms with E-state index in [0.29, 0.717) is 22.4 Å². The number of rotatable bonds is 3. The van der Waals surface area contributed by atoms with Crippen LogP contribution in [0.25, 0.3) is 0 Å². The minimum Gasteiger partial charge on any atom is -0.465 e. The highest BCUT2D eigenvalue weighted by atomic mass is 79.9. The molecule has 0 radical (unpaired) electrons. The topological polar surface area (TPSA) is 82.2 Å². The molecular weight excluding hydrogens is 312 g/mol. The van der Waals surface area contributed by atoms with Crippen LogP contribution < -0.4 is 0 Å². The summed E-state index contributed by atoms with van der Waals surface area (Å²) in [4.78, 5) is 12.6. The number of nitrogens with zero attached hydrogens (tertiary/aromatic N) is 4. The molecule has 0 aromatic carbocycles. The van der Waals surface area contributed by atoms with E-state index >= 15 is 0 Å². The van der Waals surface area contributed by atoms with Gasteiger partial charge in [0, 0.05) is 13.6 Å². The van der Waals surface area contributed by atoms with Crippen molar-refractivity contribution in [2.75, 3.05) is 6.54 Å². The number of halogens is 1. The Morgan fingerprint density at radius 1 is 1.58 bits per heavy atom. The summed E-state index contributed by atoms with van der Waals surface area (Å²) in [5.41, 5.74) is 0.791. The highest BCUT2D eigenvalue weighted by molar-refractivity contribution is 9.10. The minimum absolute atomic E-state index is 0.141. The van der Waals surface area contributed by atoms with Gasteiger partial charge < -0.3 is 10.0 Å². The number of aryl methyl sites for hydroxylation is 1. The average Bonchev–Trinajstić information content (AvgIpc) is 2.51. The molecule has 1 aromatic heterocycles. The number of nitriles is 1. The van der Waals surface area contributed by atoms with Crippen molar-refractivity contribution in [1.29, 1.82) is 5.26 Å². The Labute approximate surface area is 120 Å². The first-order valence-electron chi connectivity index (χ1n) is 5.75. The van der Waals surface area contributed by atoms with E-state index in [1.807, 2.05) is 26.8 Å². The lowest BCUT2D eigenvalue weighted by Gasteiger charge is -2.27. The summed E-state index contributed by atoms with van der Waals surface area (Å²) < 4.78 is 1.99.